The van der Waals surface area contributed by atoms with Crippen molar-refractivity contribution in [1.29, 1.82) is 0 Å². The van der Waals surface area contributed by atoms with Crippen LogP contribution in [0.3, 0.4) is 0 Å². The van der Waals surface area contributed by atoms with Gasteiger partial charge in [-0.2, -0.15) is 0 Å². The average molecular weight is 348 g/mol. The SMILES string of the molecule is CNC(=O)NC(=O)[C@H](C)OC(=O)Cn1[nH]c(=O)c2ccccc2c1=O. The highest BCUT2D eigenvalue weighted by Gasteiger charge is 2.20. The second-order valence-corrected chi connectivity index (χ2v) is 5.08. The molecule has 132 valence electrons. The average Bonchev–Trinajstić information content (AvgIpc) is 2.59. The number of aromatic nitrogens is 2. The number of carbonyl (C=O) groups is 3. The van der Waals surface area contributed by atoms with Crippen LogP contribution in [0.5, 0.6) is 0 Å². The predicted molar refractivity (Wildman–Crippen MR) is 87.0 cm³/mol. The molecule has 1 aromatic carbocycles. The number of carbonyl (C=O) groups excluding carboxylic acids is 3. The molecule has 3 amide bonds. The lowest BCUT2D eigenvalue weighted by molar-refractivity contribution is -0.155. The summed E-state index contributed by atoms with van der Waals surface area (Å²) in [4.78, 5) is 58.8. The molecule has 10 nitrogen and oxygen atoms in total. The van der Waals surface area contributed by atoms with E-state index in [-0.39, 0.29) is 10.8 Å². The minimum Gasteiger partial charge on any atom is -0.451 e. The number of fused-ring (bicyclic) bond motifs is 1. The maximum absolute atomic E-state index is 12.3. The Kier molecular flexibility index (Phi) is 5.32. The molecule has 2 rings (SSSR count). The lowest BCUT2D eigenvalue weighted by Gasteiger charge is -2.13. The van der Waals surface area contributed by atoms with E-state index in [0.29, 0.717) is 0 Å². The van der Waals surface area contributed by atoms with E-state index < -0.39 is 41.7 Å². The van der Waals surface area contributed by atoms with E-state index in [9.17, 15) is 24.0 Å². The van der Waals surface area contributed by atoms with Crippen LogP contribution in [0.2, 0.25) is 0 Å². The zero-order valence-electron chi connectivity index (χ0n) is 13.5. The van der Waals surface area contributed by atoms with E-state index in [1.54, 1.807) is 12.1 Å². The third-order valence-electron chi connectivity index (χ3n) is 3.31. The number of H-pyrrole nitrogens is 1. The number of benzene rings is 1. The fourth-order valence-electron chi connectivity index (χ4n) is 2.05. The van der Waals surface area contributed by atoms with E-state index in [4.69, 9.17) is 4.74 Å². The quantitative estimate of drug-likeness (QED) is 0.611. The number of aromatic amines is 1. The summed E-state index contributed by atoms with van der Waals surface area (Å²) < 4.78 is 5.66. The minimum atomic E-state index is -1.26. The largest absolute Gasteiger partial charge is 0.451 e. The van der Waals surface area contributed by atoms with Gasteiger partial charge in [0.05, 0.1) is 10.8 Å². The molecular formula is C15H16N4O6. The van der Waals surface area contributed by atoms with Crippen LogP contribution in [0.25, 0.3) is 10.8 Å². The van der Waals surface area contributed by atoms with Gasteiger partial charge in [0.25, 0.3) is 17.0 Å². The van der Waals surface area contributed by atoms with Gasteiger partial charge >= 0.3 is 12.0 Å². The van der Waals surface area contributed by atoms with Gasteiger partial charge in [0.1, 0.15) is 6.54 Å². The summed E-state index contributed by atoms with van der Waals surface area (Å²) in [6.07, 6.45) is -1.26. The Labute approximate surface area is 140 Å². The van der Waals surface area contributed by atoms with Crippen molar-refractivity contribution < 1.29 is 19.1 Å². The number of amides is 3. The molecule has 0 saturated carbocycles. The monoisotopic (exact) mass is 348 g/mol. The summed E-state index contributed by atoms with van der Waals surface area (Å²) in [5, 5.41) is 6.77. The van der Waals surface area contributed by atoms with Crippen LogP contribution in [0.15, 0.2) is 33.9 Å². The Bertz CT molecular complexity index is 945. The Morgan fingerprint density at radius 1 is 1.20 bits per heavy atom. The molecular weight excluding hydrogens is 332 g/mol. The number of rotatable bonds is 4. The number of imide groups is 1. The van der Waals surface area contributed by atoms with Gasteiger partial charge in [-0.1, -0.05) is 12.1 Å². The number of nitrogens with zero attached hydrogens (tertiary/aromatic N) is 1. The lowest BCUT2D eigenvalue weighted by Crippen LogP contribution is -2.44. The second-order valence-electron chi connectivity index (χ2n) is 5.08. The molecule has 1 aromatic heterocycles. The van der Waals surface area contributed by atoms with Crippen molar-refractivity contribution in [3.63, 3.8) is 0 Å². The van der Waals surface area contributed by atoms with Crippen LogP contribution in [-0.4, -0.2) is 40.8 Å². The van der Waals surface area contributed by atoms with Gasteiger partial charge in [0.2, 0.25) is 0 Å². The lowest BCUT2D eigenvalue weighted by atomic mass is 10.2. The van der Waals surface area contributed by atoms with E-state index in [1.807, 2.05) is 5.32 Å². The van der Waals surface area contributed by atoms with E-state index >= 15 is 0 Å². The first-order valence-electron chi connectivity index (χ1n) is 7.27. The number of hydrogen-bond donors (Lipinski definition) is 3. The van der Waals surface area contributed by atoms with Crippen molar-refractivity contribution in [1.82, 2.24) is 20.4 Å². The number of nitrogens with one attached hydrogen (secondary N) is 3. The fourth-order valence-corrected chi connectivity index (χ4v) is 2.05. The number of ether oxygens (including phenoxy) is 1. The van der Waals surface area contributed by atoms with Gasteiger partial charge in [0.15, 0.2) is 6.10 Å². The van der Waals surface area contributed by atoms with Gasteiger partial charge in [-0.15, -0.1) is 0 Å². The summed E-state index contributed by atoms with van der Waals surface area (Å²) >= 11 is 0. The van der Waals surface area contributed by atoms with Crippen LogP contribution in [0, 0.1) is 0 Å². The molecule has 0 unspecified atom stereocenters. The maximum atomic E-state index is 12.3. The Balaban J connectivity index is 2.13. The first kappa shape index (κ1) is 17.9. The van der Waals surface area contributed by atoms with Crippen LogP contribution in [0.4, 0.5) is 4.79 Å². The molecule has 0 spiro atoms. The molecule has 0 aliphatic carbocycles. The summed E-state index contributed by atoms with van der Waals surface area (Å²) in [7, 11) is 1.32. The van der Waals surface area contributed by atoms with Gasteiger partial charge < -0.3 is 10.1 Å². The topological polar surface area (TPSA) is 139 Å². The maximum Gasteiger partial charge on any atom is 0.328 e. The Morgan fingerprint density at radius 3 is 2.48 bits per heavy atom. The molecule has 0 bridgehead atoms. The predicted octanol–water partition coefficient (Wildman–Crippen LogP) is -0.923. The number of esters is 1. The van der Waals surface area contributed by atoms with Crippen molar-refractivity contribution >= 4 is 28.7 Å². The van der Waals surface area contributed by atoms with Gasteiger partial charge in [0, 0.05) is 7.05 Å². The second kappa shape index (κ2) is 7.43. The highest BCUT2D eigenvalue weighted by atomic mass is 16.5. The summed E-state index contributed by atoms with van der Waals surface area (Å²) in [5.74, 6) is -1.75. The standard InChI is InChI=1S/C15H16N4O6/c1-8(12(21)17-15(24)16-2)25-11(20)7-19-14(23)10-6-4-3-5-9(10)13(22)18-19/h3-6,8H,7H2,1-2H3,(H,18,22)(H2,16,17,21,24)/t8-/m0/s1. The zero-order valence-corrected chi connectivity index (χ0v) is 13.5. The highest BCUT2D eigenvalue weighted by molar-refractivity contribution is 5.97. The first-order chi connectivity index (χ1) is 11.8. The molecule has 0 fully saturated rings. The van der Waals surface area contributed by atoms with Crippen molar-refractivity contribution in [2.24, 2.45) is 0 Å². The minimum absolute atomic E-state index is 0.157. The van der Waals surface area contributed by atoms with Crippen LogP contribution < -0.4 is 21.8 Å². The van der Waals surface area contributed by atoms with Gasteiger partial charge in [-0.05, 0) is 19.1 Å². The van der Waals surface area contributed by atoms with E-state index in [0.717, 1.165) is 4.68 Å². The Hall–Kier alpha value is -3.43. The molecule has 2 aromatic rings. The van der Waals surface area contributed by atoms with E-state index in [1.165, 1.54) is 26.1 Å². The third kappa shape index (κ3) is 4.10. The van der Waals surface area contributed by atoms with E-state index in [2.05, 4.69) is 10.4 Å². The zero-order chi connectivity index (χ0) is 18.6. The van der Waals surface area contributed by atoms with Crippen molar-refractivity contribution in [2.45, 2.75) is 19.6 Å². The van der Waals surface area contributed by atoms with Gasteiger partial charge in [-0.3, -0.25) is 29.6 Å². The highest BCUT2D eigenvalue weighted by Crippen LogP contribution is 2.02. The molecule has 1 heterocycles. The van der Waals surface area contributed by atoms with Crippen LogP contribution >= 0.6 is 0 Å². The molecule has 0 saturated heterocycles. The molecule has 1 atom stereocenters. The number of urea groups is 1. The molecule has 25 heavy (non-hydrogen) atoms. The van der Waals surface area contributed by atoms with Gasteiger partial charge in [-0.25, -0.2) is 9.48 Å². The summed E-state index contributed by atoms with van der Waals surface area (Å²) in [6.45, 7) is 0.679. The smallest absolute Gasteiger partial charge is 0.328 e. The normalized spacial score (nSPS) is 11.6. The molecule has 0 radical (unpaired) electrons. The fraction of sp³-hybridized carbons (Fsp3) is 0.267. The summed E-state index contributed by atoms with van der Waals surface area (Å²) in [6, 6.07) is 5.42. The number of hydrogen-bond acceptors (Lipinski definition) is 6. The molecule has 0 aliphatic heterocycles. The van der Waals surface area contributed by atoms with Crippen molar-refractivity contribution in [2.75, 3.05) is 7.05 Å². The Morgan fingerprint density at radius 2 is 1.84 bits per heavy atom. The summed E-state index contributed by atoms with van der Waals surface area (Å²) in [5.41, 5.74) is -1.11. The molecule has 3 N–H and O–H groups in total. The first-order valence-corrected chi connectivity index (χ1v) is 7.27. The molecule has 10 heteroatoms. The van der Waals surface area contributed by atoms with Crippen LogP contribution in [0.1, 0.15) is 6.92 Å². The van der Waals surface area contributed by atoms with Crippen molar-refractivity contribution in [3.05, 3.63) is 45.0 Å². The van der Waals surface area contributed by atoms with Crippen molar-refractivity contribution in [3.8, 4) is 0 Å². The third-order valence-corrected chi connectivity index (χ3v) is 3.31. The molecule has 0 aliphatic rings. The van der Waals surface area contributed by atoms with Crippen LogP contribution in [-0.2, 0) is 20.9 Å².